The topological polar surface area (TPSA) is 48.9 Å². The average molecular weight is 372 g/mol. The van der Waals surface area contributed by atoms with Crippen LogP contribution in [0.5, 0.6) is 5.75 Å². The van der Waals surface area contributed by atoms with Gasteiger partial charge >= 0.3 is 0 Å². The Balaban J connectivity index is 2.26. The molecule has 0 spiro atoms. The van der Waals surface area contributed by atoms with Gasteiger partial charge in [-0.25, -0.2) is 13.8 Å². The number of hydrogen-bond donors (Lipinski definition) is 2. The summed E-state index contributed by atoms with van der Waals surface area (Å²) in [6.45, 7) is 0. The molecule has 0 unspecified atom stereocenters. The molecule has 2 N–H and O–H groups in total. The third-order valence-corrected chi connectivity index (χ3v) is 3.39. The Morgan fingerprint density at radius 1 is 1.16 bits per heavy atom. The van der Waals surface area contributed by atoms with Crippen LogP contribution in [0.1, 0.15) is 0 Å². The maximum Gasteiger partial charge on any atom is 0.153 e. The zero-order valence-electron chi connectivity index (χ0n) is 9.42. The Labute approximate surface area is 120 Å². The van der Waals surface area contributed by atoms with Crippen molar-refractivity contribution in [3.8, 4) is 17.1 Å². The molecule has 1 aromatic heterocycles. The minimum absolute atomic E-state index is 0.0281. The number of benzene rings is 2. The summed E-state index contributed by atoms with van der Waals surface area (Å²) in [5, 5.41) is 9.81. The largest absolute Gasteiger partial charge is 0.507 e. The van der Waals surface area contributed by atoms with Crippen LogP contribution < -0.4 is 0 Å². The first kappa shape index (κ1) is 12.3. The van der Waals surface area contributed by atoms with E-state index < -0.39 is 11.6 Å². The molecule has 0 radical (unpaired) electrons. The van der Waals surface area contributed by atoms with Crippen molar-refractivity contribution in [1.82, 2.24) is 9.97 Å². The van der Waals surface area contributed by atoms with Crippen molar-refractivity contribution in [2.75, 3.05) is 0 Å². The van der Waals surface area contributed by atoms with Crippen molar-refractivity contribution in [3.05, 3.63) is 45.5 Å². The van der Waals surface area contributed by atoms with Gasteiger partial charge in [-0.1, -0.05) is 0 Å². The van der Waals surface area contributed by atoms with Crippen molar-refractivity contribution in [2.45, 2.75) is 0 Å². The van der Waals surface area contributed by atoms with Crippen LogP contribution in [0.3, 0.4) is 0 Å². The van der Waals surface area contributed by atoms with Crippen molar-refractivity contribution in [1.29, 1.82) is 0 Å². The fraction of sp³-hybridized carbons (Fsp3) is 0. The molecule has 3 aromatic rings. The van der Waals surface area contributed by atoms with Gasteiger partial charge in [0.1, 0.15) is 22.9 Å². The summed E-state index contributed by atoms with van der Waals surface area (Å²) < 4.78 is 27.6. The van der Waals surface area contributed by atoms with Crippen molar-refractivity contribution < 1.29 is 13.9 Å². The number of aromatic nitrogens is 2. The molecule has 0 atom stereocenters. The van der Waals surface area contributed by atoms with Crippen molar-refractivity contribution in [3.63, 3.8) is 0 Å². The van der Waals surface area contributed by atoms with E-state index in [1.54, 1.807) is 12.1 Å². The lowest BCUT2D eigenvalue weighted by Gasteiger charge is -2.01. The summed E-state index contributed by atoms with van der Waals surface area (Å²) in [6, 6.07) is 6.92. The van der Waals surface area contributed by atoms with Gasteiger partial charge in [-0.2, -0.15) is 0 Å². The van der Waals surface area contributed by atoms with E-state index >= 15 is 0 Å². The Morgan fingerprint density at radius 3 is 2.74 bits per heavy atom. The van der Waals surface area contributed by atoms with E-state index in [1.165, 1.54) is 12.1 Å². The molecule has 1 heterocycles. The molecule has 0 bridgehead atoms. The summed E-state index contributed by atoms with van der Waals surface area (Å²) in [6.07, 6.45) is 0. The summed E-state index contributed by atoms with van der Waals surface area (Å²) in [4.78, 5) is 6.87. The molecule has 2 aromatic carbocycles. The third kappa shape index (κ3) is 2.16. The van der Waals surface area contributed by atoms with Crippen LogP contribution in [0.2, 0.25) is 0 Å². The number of aromatic amines is 1. The number of phenolic OH excluding ortho intramolecular Hbond substituents is 1. The van der Waals surface area contributed by atoms with Gasteiger partial charge in [-0.3, -0.25) is 0 Å². The van der Waals surface area contributed by atoms with Crippen LogP contribution in [-0.2, 0) is 0 Å². The number of H-pyrrole nitrogens is 1. The lowest BCUT2D eigenvalue weighted by molar-refractivity contribution is 0.477. The number of aromatic hydroxyl groups is 1. The molecule has 0 amide bonds. The number of fused-ring (bicyclic) bond motifs is 1. The minimum Gasteiger partial charge on any atom is -0.507 e. The Kier molecular flexibility index (Phi) is 2.89. The number of imidazole rings is 1. The molecule has 3 nitrogen and oxygen atoms in total. The van der Waals surface area contributed by atoms with Crippen LogP contribution in [0.25, 0.3) is 22.4 Å². The van der Waals surface area contributed by atoms with E-state index in [-0.39, 0.29) is 16.8 Å². The zero-order valence-corrected chi connectivity index (χ0v) is 11.6. The molecule has 96 valence electrons. The summed E-state index contributed by atoms with van der Waals surface area (Å²) in [5.41, 5.74) is 0.753. The SMILES string of the molecule is Oc1ccc(I)cc1-c1nc2c(F)cc(F)cc2[nH]1. The molecule has 6 heteroatoms. The molecule has 0 aliphatic heterocycles. The van der Waals surface area contributed by atoms with Crippen molar-refractivity contribution in [2.24, 2.45) is 0 Å². The standard InChI is InChI=1S/C13H7F2IN2O/c14-6-3-9(15)12-10(4-6)17-13(18-12)8-5-7(16)1-2-11(8)19/h1-5,19H,(H,17,18). The lowest BCUT2D eigenvalue weighted by Crippen LogP contribution is -1.83. The second-order valence-electron chi connectivity index (χ2n) is 4.03. The summed E-state index contributed by atoms with van der Waals surface area (Å²) in [7, 11) is 0. The van der Waals surface area contributed by atoms with Crippen LogP contribution in [0.15, 0.2) is 30.3 Å². The quantitative estimate of drug-likeness (QED) is 0.639. The van der Waals surface area contributed by atoms with Gasteiger partial charge < -0.3 is 10.1 Å². The van der Waals surface area contributed by atoms with E-state index in [9.17, 15) is 13.9 Å². The van der Waals surface area contributed by atoms with Gasteiger partial charge in [0.15, 0.2) is 5.82 Å². The highest BCUT2D eigenvalue weighted by atomic mass is 127. The molecular weight excluding hydrogens is 365 g/mol. The number of nitrogens with one attached hydrogen (secondary N) is 1. The first-order valence-electron chi connectivity index (χ1n) is 5.38. The average Bonchev–Trinajstić information content (AvgIpc) is 2.76. The van der Waals surface area contributed by atoms with Gasteiger partial charge in [0.25, 0.3) is 0 Å². The fourth-order valence-electron chi connectivity index (χ4n) is 1.87. The number of hydrogen-bond acceptors (Lipinski definition) is 2. The minimum atomic E-state index is -0.734. The summed E-state index contributed by atoms with van der Waals surface area (Å²) >= 11 is 2.09. The number of nitrogens with zero attached hydrogens (tertiary/aromatic N) is 1. The molecule has 0 aliphatic rings. The first-order valence-corrected chi connectivity index (χ1v) is 6.46. The number of halogens is 3. The van der Waals surface area contributed by atoms with Crippen LogP contribution >= 0.6 is 22.6 Å². The van der Waals surface area contributed by atoms with Crippen molar-refractivity contribution >= 4 is 33.6 Å². The molecule has 0 saturated heterocycles. The Morgan fingerprint density at radius 2 is 1.95 bits per heavy atom. The van der Waals surface area contributed by atoms with E-state index in [0.717, 1.165) is 9.64 Å². The highest BCUT2D eigenvalue weighted by Crippen LogP contribution is 2.30. The second-order valence-corrected chi connectivity index (χ2v) is 5.28. The molecular formula is C13H7F2IN2O. The fourth-order valence-corrected chi connectivity index (χ4v) is 2.36. The van der Waals surface area contributed by atoms with E-state index in [1.807, 2.05) is 0 Å². The third-order valence-electron chi connectivity index (χ3n) is 2.72. The highest BCUT2D eigenvalue weighted by molar-refractivity contribution is 14.1. The van der Waals surface area contributed by atoms with Crippen LogP contribution in [0, 0.1) is 15.2 Å². The van der Waals surface area contributed by atoms with Crippen LogP contribution in [-0.4, -0.2) is 15.1 Å². The second kappa shape index (κ2) is 4.44. The van der Waals surface area contributed by atoms with Gasteiger partial charge in [-0.05, 0) is 46.9 Å². The Hall–Kier alpha value is -1.70. The normalized spacial score (nSPS) is 11.1. The van der Waals surface area contributed by atoms with Gasteiger partial charge in [0.05, 0.1) is 11.1 Å². The molecule has 3 rings (SSSR count). The van der Waals surface area contributed by atoms with E-state index in [2.05, 4.69) is 32.6 Å². The maximum atomic E-state index is 13.6. The molecule has 19 heavy (non-hydrogen) atoms. The van der Waals surface area contributed by atoms with Gasteiger partial charge in [-0.15, -0.1) is 0 Å². The Bertz CT molecular complexity index is 786. The highest BCUT2D eigenvalue weighted by Gasteiger charge is 2.13. The number of rotatable bonds is 1. The number of phenols is 1. The van der Waals surface area contributed by atoms with E-state index in [4.69, 9.17) is 0 Å². The van der Waals surface area contributed by atoms with Gasteiger partial charge in [0.2, 0.25) is 0 Å². The first-order chi connectivity index (χ1) is 9.04. The molecule has 0 aliphatic carbocycles. The maximum absolute atomic E-state index is 13.6. The van der Waals surface area contributed by atoms with E-state index in [0.29, 0.717) is 11.4 Å². The van der Waals surface area contributed by atoms with Crippen LogP contribution in [0.4, 0.5) is 8.78 Å². The lowest BCUT2D eigenvalue weighted by atomic mass is 10.2. The molecule has 0 saturated carbocycles. The zero-order chi connectivity index (χ0) is 13.6. The monoisotopic (exact) mass is 372 g/mol. The summed E-state index contributed by atoms with van der Waals surface area (Å²) in [5.74, 6) is -1.08. The van der Waals surface area contributed by atoms with Gasteiger partial charge in [0, 0.05) is 9.64 Å². The predicted molar refractivity (Wildman–Crippen MR) is 75.8 cm³/mol. The smallest absolute Gasteiger partial charge is 0.153 e. The molecule has 0 fully saturated rings. The predicted octanol–water partition coefficient (Wildman–Crippen LogP) is 3.82.